The number of hydrogen-bond acceptors (Lipinski definition) is 10. The second-order valence-electron chi connectivity index (χ2n) is 16.1. The van der Waals surface area contributed by atoms with E-state index < -0.39 is 72.4 Å². The first kappa shape index (κ1) is 43.1. The van der Waals surface area contributed by atoms with Crippen LogP contribution in [0.3, 0.4) is 0 Å². The Morgan fingerprint density at radius 3 is 1.17 bits per heavy atom. The largest absolute Gasteiger partial charge is 0.491 e. The molecule has 0 unspecified atom stereocenters. The van der Waals surface area contributed by atoms with Crippen molar-refractivity contribution in [3.63, 3.8) is 0 Å². The fourth-order valence-corrected chi connectivity index (χ4v) is 8.44. The number of nitro groups is 2. The van der Waals surface area contributed by atoms with Gasteiger partial charge in [0.15, 0.2) is 0 Å². The summed E-state index contributed by atoms with van der Waals surface area (Å²) in [5.41, 5.74) is 2.73. The molecule has 0 bridgehead atoms. The van der Waals surface area contributed by atoms with E-state index in [0.29, 0.717) is 35.1 Å². The van der Waals surface area contributed by atoms with E-state index in [1.165, 1.54) is 0 Å². The van der Waals surface area contributed by atoms with Crippen LogP contribution >= 0.6 is 0 Å². The van der Waals surface area contributed by atoms with Crippen LogP contribution in [-0.2, 0) is 18.9 Å². The van der Waals surface area contributed by atoms with Gasteiger partial charge in [0.1, 0.15) is 36.6 Å². The summed E-state index contributed by atoms with van der Waals surface area (Å²) in [5, 5.41) is 37.9. The highest BCUT2D eigenvalue weighted by molar-refractivity contribution is 6.18. The fourth-order valence-electron chi connectivity index (χ4n) is 8.44. The monoisotopic (exact) mass is 803 g/mol. The van der Waals surface area contributed by atoms with Crippen molar-refractivity contribution in [3.05, 3.63) is 164 Å². The van der Waals surface area contributed by atoms with E-state index in [0.717, 1.165) is 7.69 Å². The summed E-state index contributed by atoms with van der Waals surface area (Å²) in [4.78, 5) is 53.2. The van der Waals surface area contributed by atoms with E-state index in [4.69, 9.17) is 9.31 Å². The molecule has 14 nitrogen and oxygen atoms in total. The zero-order chi connectivity index (χ0) is 42.1. The van der Waals surface area contributed by atoms with E-state index in [2.05, 4.69) is 21.3 Å². The average molecular weight is 804 g/mol. The fraction of sp³-hybridized carbons (Fsp3) is 0.409. The number of carbonyl (C=O) groups excluding carboxylic acids is 2. The van der Waals surface area contributed by atoms with Crippen molar-refractivity contribution in [1.29, 1.82) is 0 Å². The Kier molecular flexibility index (Phi) is 14.6. The number of amides is 2. The van der Waals surface area contributed by atoms with Crippen LogP contribution in [0.25, 0.3) is 0 Å². The molecule has 10 atom stereocenters. The predicted molar refractivity (Wildman–Crippen MR) is 223 cm³/mol. The lowest BCUT2D eigenvalue weighted by molar-refractivity contribution is -0.527. The summed E-state index contributed by atoms with van der Waals surface area (Å²) in [6.07, 6.45) is -1.01. The first-order valence-electron chi connectivity index (χ1n) is 20.1. The van der Waals surface area contributed by atoms with Crippen LogP contribution in [0.15, 0.2) is 121 Å². The summed E-state index contributed by atoms with van der Waals surface area (Å²) in [5.74, 6) is -2.38. The Balaban J connectivity index is 1.18. The summed E-state index contributed by atoms with van der Waals surface area (Å²) < 4.78 is 12.1. The van der Waals surface area contributed by atoms with Gasteiger partial charge >= 0.3 is 7.69 Å². The minimum absolute atomic E-state index is 0.0698. The van der Waals surface area contributed by atoms with Gasteiger partial charge in [0, 0.05) is 9.85 Å². The molecule has 2 fully saturated rings. The maximum absolute atomic E-state index is 14.2. The van der Waals surface area contributed by atoms with Crippen LogP contribution in [0.5, 0.6) is 0 Å². The number of benzene rings is 4. The number of carbonyl (C=O) groups is 2. The Bertz CT molecular complexity index is 1850. The summed E-state index contributed by atoms with van der Waals surface area (Å²) in [6.45, 7) is 7.88. The quantitative estimate of drug-likeness (QED) is 0.0414. The Morgan fingerprint density at radius 1 is 0.576 bits per heavy atom. The molecule has 4 aromatic carbocycles. The first-order valence-corrected chi connectivity index (χ1v) is 20.1. The molecular weight excluding hydrogens is 751 g/mol. The second kappa shape index (κ2) is 20.0. The molecule has 1 radical (unpaired) electrons. The van der Waals surface area contributed by atoms with E-state index >= 15 is 0 Å². The van der Waals surface area contributed by atoms with Crippen molar-refractivity contribution in [2.24, 2.45) is 11.8 Å². The van der Waals surface area contributed by atoms with E-state index in [-0.39, 0.29) is 21.7 Å². The van der Waals surface area contributed by atoms with Gasteiger partial charge in [-0.1, -0.05) is 149 Å². The SMILES string of the molecule is CC(C)C[C@H](NC(=O)[C@H]1N[C@@H](c2ccccc2)[C@H]([N+](=O)[O-])[C@H]1c1ccccc1)O[B]O[C@H](CC(C)C)NC(=O)[C@H]1N[C@@H](c2ccccc2)[C@H]([N+](=O)[O-])[C@H]1c1ccccc1. The number of nitrogens with zero attached hydrogens (tertiary/aromatic N) is 2. The maximum atomic E-state index is 14.2. The molecule has 0 aromatic heterocycles. The third-order valence-electron chi connectivity index (χ3n) is 11.0. The Morgan fingerprint density at radius 2 is 0.881 bits per heavy atom. The molecule has 2 saturated heterocycles. The van der Waals surface area contributed by atoms with Gasteiger partial charge in [0.2, 0.25) is 23.9 Å². The molecule has 2 heterocycles. The lowest BCUT2D eigenvalue weighted by atomic mass is 9.85. The molecule has 0 spiro atoms. The lowest BCUT2D eigenvalue weighted by Gasteiger charge is -2.27. The van der Waals surface area contributed by atoms with E-state index in [9.17, 15) is 29.8 Å². The topological polar surface area (TPSA) is 187 Å². The van der Waals surface area contributed by atoms with Crippen LogP contribution in [0.4, 0.5) is 0 Å². The molecule has 0 saturated carbocycles. The van der Waals surface area contributed by atoms with Gasteiger partial charge in [-0.05, 0) is 46.9 Å². The van der Waals surface area contributed by atoms with Gasteiger partial charge < -0.3 is 19.9 Å². The number of nitrogens with one attached hydrogen (secondary N) is 4. The van der Waals surface area contributed by atoms with Crippen molar-refractivity contribution in [3.8, 4) is 0 Å². The predicted octanol–water partition coefficient (Wildman–Crippen LogP) is 5.82. The minimum Gasteiger partial charge on any atom is -0.393 e. The molecule has 6 rings (SSSR count). The van der Waals surface area contributed by atoms with E-state index in [1.807, 2.05) is 100 Å². The van der Waals surface area contributed by atoms with Crippen LogP contribution in [0, 0.1) is 32.1 Å². The van der Waals surface area contributed by atoms with Crippen molar-refractivity contribution in [2.75, 3.05) is 0 Å². The summed E-state index contributed by atoms with van der Waals surface area (Å²) >= 11 is 0. The molecule has 2 aliphatic rings. The minimum atomic E-state index is -1.13. The lowest BCUT2D eigenvalue weighted by Crippen LogP contribution is -2.51. The highest BCUT2D eigenvalue weighted by Gasteiger charge is 2.56. The van der Waals surface area contributed by atoms with Crippen molar-refractivity contribution < 1.29 is 28.7 Å². The van der Waals surface area contributed by atoms with Gasteiger partial charge in [-0.3, -0.25) is 40.5 Å². The van der Waals surface area contributed by atoms with Crippen molar-refractivity contribution in [1.82, 2.24) is 21.3 Å². The smallest absolute Gasteiger partial charge is 0.393 e. The molecule has 309 valence electrons. The standard InChI is InChI=1S/C44H52BN6O8/c1-27(2)25-33(46-43(52)39-35(29-17-9-5-10-18-29)41(50(54)55)37(48-39)31-21-13-7-14-22-31)58-45-59-34(26-28(3)4)47-44(53)40-36(30-19-11-6-12-20-30)42(51(56)57)38(49-40)32-23-15-8-16-24-32/h5-24,27-28,33-42,48-49H,25-26H2,1-4H3,(H,46,52)(H,47,53)/t33-,34-,35+,36+,37+,38+,39+,40+,41-,42-/m1/s1. The first-order chi connectivity index (χ1) is 28.4. The van der Waals surface area contributed by atoms with Crippen molar-refractivity contribution in [2.45, 2.75) is 101 Å². The average Bonchev–Trinajstić information content (AvgIpc) is 3.83. The second-order valence-corrected chi connectivity index (χ2v) is 16.1. The molecule has 2 aliphatic heterocycles. The molecule has 59 heavy (non-hydrogen) atoms. The molecule has 4 aromatic rings. The van der Waals surface area contributed by atoms with Gasteiger partial charge in [0.05, 0.1) is 11.8 Å². The highest BCUT2D eigenvalue weighted by Crippen LogP contribution is 2.42. The number of hydrogen-bond donors (Lipinski definition) is 4. The van der Waals surface area contributed by atoms with Gasteiger partial charge in [0.25, 0.3) is 0 Å². The zero-order valence-corrected chi connectivity index (χ0v) is 33.6. The van der Waals surface area contributed by atoms with Crippen LogP contribution in [0.1, 0.15) is 86.7 Å². The third kappa shape index (κ3) is 10.6. The Labute approximate surface area is 345 Å². The van der Waals surface area contributed by atoms with Crippen LogP contribution < -0.4 is 21.3 Å². The van der Waals surface area contributed by atoms with Gasteiger partial charge in [-0.25, -0.2) is 0 Å². The maximum Gasteiger partial charge on any atom is 0.491 e. The van der Waals surface area contributed by atoms with Gasteiger partial charge in [-0.15, -0.1) is 0 Å². The third-order valence-corrected chi connectivity index (χ3v) is 11.0. The van der Waals surface area contributed by atoms with Crippen LogP contribution in [-0.4, -0.2) is 66.0 Å². The normalized spacial score (nSPS) is 25.0. The molecular formula is C44H52BN6O8. The van der Waals surface area contributed by atoms with E-state index in [1.54, 1.807) is 48.5 Å². The molecule has 0 aliphatic carbocycles. The van der Waals surface area contributed by atoms with Crippen LogP contribution in [0.2, 0.25) is 0 Å². The summed E-state index contributed by atoms with van der Waals surface area (Å²) in [7, 11) is 1.10. The molecule has 15 heteroatoms. The number of rotatable bonds is 18. The zero-order valence-electron chi connectivity index (χ0n) is 33.6. The highest BCUT2D eigenvalue weighted by atomic mass is 16.6. The Hall–Kier alpha value is -5.48. The van der Waals surface area contributed by atoms with Gasteiger partial charge in [-0.2, -0.15) is 0 Å². The summed E-state index contributed by atoms with van der Waals surface area (Å²) in [6, 6.07) is 30.5. The molecule has 4 N–H and O–H groups in total. The van der Waals surface area contributed by atoms with Crippen molar-refractivity contribution >= 4 is 19.5 Å². The molecule has 2 amide bonds.